The molecule has 147 valence electrons. The molecule has 28 heavy (non-hydrogen) atoms. The van der Waals surface area contributed by atoms with Crippen LogP contribution in [0, 0.1) is 13.8 Å². The van der Waals surface area contributed by atoms with E-state index in [-0.39, 0.29) is 57.5 Å². The van der Waals surface area contributed by atoms with E-state index in [0.717, 1.165) is 22.3 Å². The predicted octanol–water partition coefficient (Wildman–Crippen LogP) is -0.749. The Morgan fingerprint density at radius 2 is 1.32 bits per heavy atom. The van der Waals surface area contributed by atoms with Crippen LogP contribution in [0.4, 0.5) is 0 Å². The minimum atomic E-state index is -0.981. The third-order valence-electron chi connectivity index (χ3n) is 4.05. The fraction of sp³-hybridized carbons (Fsp3) is 0.227. The molecule has 0 bridgehead atoms. The molecule has 0 amide bonds. The van der Waals surface area contributed by atoms with Gasteiger partial charge in [-0.1, -0.05) is 56.0 Å². The summed E-state index contributed by atoms with van der Waals surface area (Å²) >= 11 is 0. The van der Waals surface area contributed by atoms with Crippen LogP contribution in [0.15, 0.2) is 66.7 Å². The Hall–Kier alpha value is -0.682. The normalized spacial score (nSPS) is 9.32. The standard InChI is InChI=1S/C14H14O.C8H13Si.2ClH.Si.Ti/c1-10-8-11(2)14(13(15)9-10)12-6-4-3-5-7-12;1-9(2,3)8-6-4-5-7-8;;;;/h3-9,15H,1-2H3;4-7H,1-3H3;2*1H;;/q;-1;;;;+3/p-2. The number of benzene rings is 2. The molecule has 0 aliphatic heterocycles. The molecule has 0 aromatic heterocycles. The van der Waals surface area contributed by atoms with Crippen molar-refractivity contribution in [3.63, 3.8) is 0 Å². The van der Waals surface area contributed by atoms with Crippen LogP contribution in [0.5, 0.6) is 5.75 Å². The van der Waals surface area contributed by atoms with Crippen molar-refractivity contribution in [3.8, 4) is 16.9 Å². The van der Waals surface area contributed by atoms with Gasteiger partial charge in [-0.25, -0.2) is 12.1 Å². The quantitative estimate of drug-likeness (QED) is 0.377. The average molecular weight is 482 g/mol. The van der Waals surface area contributed by atoms with E-state index in [4.69, 9.17) is 0 Å². The maximum Gasteiger partial charge on any atom is 3.00 e. The van der Waals surface area contributed by atoms with Gasteiger partial charge in [-0.15, -0.1) is 0 Å². The summed E-state index contributed by atoms with van der Waals surface area (Å²) in [6, 6.07) is 22.5. The van der Waals surface area contributed by atoms with Crippen LogP contribution in [0.1, 0.15) is 11.1 Å². The molecule has 0 fully saturated rings. The fourth-order valence-electron chi connectivity index (χ4n) is 2.80. The van der Waals surface area contributed by atoms with Crippen molar-refractivity contribution in [2.45, 2.75) is 33.5 Å². The molecule has 1 nitrogen and oxygen atoms in total. The van der Waals surface area contributed by atoms with E-state index in [1.165, 1.54) is 0 Å². The molecular formula is C22H27Cl2OSi2Ti. The number of aromatic hydroxyl groups is 1. The Kier molecular flexibility index (Phi) is 16.4. The molecule has 6 heteroatoms. The molecule has 3 rings (SSSR count). The van der Waals surface area contributed by atoms with Crippen molar-refractivity contribution in [3.05, 3.63) is 77.9 Å². The molecule has 5 radical (unpaired) electrons. The molecule has 3 aromatic rings. The van der Waals surface area contributed by atoms with Crippen molar-refractivity contribution in [1.29, 1.82) is 0 Å². The summed E-state index contributed by atoms with van der Waals surface area (Å²) < 4.78 is 0. The molecule has 0 aliphatic carbocycles. The number of hydrogen-bond donors (Lipinski definition) is 1. The Morgan fingerprint density at radius 1 is 0.821 bits per heavy atom. The second-order valence-electron chi connectivity index (χ2n) is 7.27. The zero-order valence-electron chi connectivity index (χ0n) is 17.1. The number of hydrogen-bond acceptors (Lipinski definition) is 1. The largest absolute Gasteiger partial charge is 3.00 e. The molecule has 0 atom stereocenters. The second kappa shape index (κ2) is 14.3. The Balaban J connectivity index is -0.000000426. The zero-order chi connectivity index (χ0) is 17.7. The summed E-state index contributed by atoms with van der Waals surface area (Å²) in [7, 11) is -0.981. The Morgan fingerprint density at radius 3 is 1.71 bits per heavy atom. The molecule has 0 unspecified atom stereocenters. The Bertz CT molecular complexity index is 763. The van der Waals surface area contributed by atoms with E-state index in [9.17, 15) is 5.11 Å². The van der Waals surface area contributed by atoms with Crippen LogP contribution in [-0.2, 0) is 21.7 Å². The molecular weight excluding hydrogens is 455 g/mol. The van der Waals surface area contributed by atoms with Crippen LogP contribution < -0.4 is 30.0 Å². The third kappa shape index (κ3) is 9.21. The van der Waals surface area contributed by atoms with E-state index in [2.05, 4.69) is 50.0 Å². The van der Waals surface area contributed by atoms with E-state index in [0.29, 0.717) is 5.75 Å². The van der Waals surface area contributed by atoms with Crippen LogP contribution in [0.2, 0.25) is 19.6 Å². The molecule has 1 N–H and O–H groups in total. The van der Waals surface area contributed by atoms with Crippen LogP contribution >= 0.6 is 0 Å². The van der Waals surface area contributed by atoms with Crippen LogP contribution in [0.3, 0.4) is 0 Å². The first-order chi connectivity index (χ1) is 11.3. The molecule has 0 heterocycles. The summed E-state index contributed by atoms with van der Waals surface area (Å²) in [5.41, 5.74) is 4.19. The van der Waals surface area contributed by atoms with Gasteiger partial charge in [0.2, 0.25) is 0 Å². The smallest absolute Gasteiger partial charge is 1.00 e. The summed E-state index contributed by atoms with van der Waals surface area (Å²) in [6.07, 6.45) is 0. The summed E-state index contributed by atoms with van der Waals surface area (Å²) in [6.45, 7) is 11.1. The van der Waals surface area contributed by atoms with Gasteiger partial charge in [0.05, 0.1) is 0 Å². The van der Waals surface area contributed by atoms with Gasteiger partial charge in [-0.05, 0) is 36.6 Å². The first-order valence-corrected chi connectivity index (χ1v) is 11.9. The van der Waals surface area contributed by atoms with Crippen molar-refractivity contribution in [2.75, 3.05) is 0 Å². The first kappa shape index (κ1) is 32.0. The number of phenolic OH excluding ortho intramolecular Hbond substituents is 1. The summed E-state index contributed by atoms with van der Waals surface area (Å²) in [4.78, 5) is 0. The second-order valence-corrected chi connectivity index (χ2v) is 12.3. The summed E-state index contributed by atoms with van der Waals surface area (Å²) in [5.74, 6) is 0.360. The molecule has 0 aliphatic rings. The molecule has 0 spiro atoms. The molecule has 0 saturated carbocycles. The van der Waals surface area contributed by atoms with Crippen molar-refractivity contribution in [2.24, 2.45) is 0 Å². The minimum absolute atomic E-state index is 0. The van der Waals surface area contributed by atoms with E-state index < -0.39 is 8.07 Å². The van der Waals surface area contributed by atoms with Crippen molar-refractivity contribution in [1.82, 2.24) is 0 Å². The minimum Gasteiger partial charge on any atom is -1.00 e. The van der Waals surface area contributed by atoms with Gasteiger partial charge in [-0.3, -0.25) is 0 Å². The topological polar surface area (TPSA) is 20.2 Å². The van der Waals surface area contributed by atoms with Crippen LogP contribution in [-0.4, -0.2) is 24.1 Å². The van der Waals surface area contributed by atoms with Crippen molar-refractivity contribution < 1.29 is 51.6 Å². The van der Waals surface area contributed by atoms with E-state index in [1.54, 1.807) is 11.3 Å². The predicted molar refractivity (Wildman–Crippen MR) is 114 cm³/mol. The first-order valence-electron chi connectivity index (χ1n) is 8.37. The molecule has 3 aromatic carbocycles. The fourth-order valence-corrected chi connectivity index (χ4v) is 3.99. The number of rotatable bonds is 2. The van der Waals surface area contributed by atoms with Gasteiger partial charge in [0, 0.05) is 24.6 Å². The zero-order valence-corrected chi connectivity index (χ0v) is 22.1. The van der Waals surface area contributed by atoms with Gasteiger partial charge >= 0.3 is 21.7 Å². The maximum absolute atomic E-state index is 9.93. The van der Waals surface area contributed by atoms with Crippen LogP contribution in [0.25, 0.3) is 11.1 Å². The monoisotopic (exact) mass is 481 g/mol. The van der Waals surface area contributed by atoms with Gasteiger partial charge in [0.25, 0.3) is 0 Å². The average Bonchev–Trinajstić information content (AvgIpc) is 3.02. The number of halogens is 2. The van der Waals surface area contributed by atoms with Gasteiger partial charge < -0.3 is 29.9 Å². The number of phenols is 1. The van der Waals surface area contributed by atoms with E-state index in [1.807, 2.05) is 44.2 Å². The van der Waals surface area contributed by atoms with Gasteiger partial charge in [-0.2, -0.15) is 17.3 Å². The Labute approximate surface area is 203 Å². The van der Waals surface area contributed by atoms with Crippen molar-refractivity contribution >= 4 is 24.2 Å². The maximum atomic E-state index is 9.93. The number of aryl methyl sites for hydroxylation is 2. The third-order valence-corrected chi connectivity index (χ3v) is 6.12. The summed E-state index contributed by atoms with van der Waals surface area (Å²) in [5, 5.41) is 11.5. The van der Waals surface area contributed by atoms with E-state index >= 15 is 0 Å². The molecule has 0 saturated heterocycles. The SMILES string of the molecule is C[Si](C)(C)[c-]1cccc1.Cc1cc(C)c(-c2ccccc2)c(O)c1.[Cl-].[Cl-].[Si].[Ti+3]. The van der Waals surface area contributed by atoms with Gasteiger partial charge in [0.15, 0.2) is 0 Å². The van der Waals surface area contributed by atoms with Gasteiger partial charge in [0.1, 0.15) is 5.75 Å².